The molecule has 164 valence electrons. The number of nitrogens with zero attached hydrogens (tertiary/aromatic N) is 2. The molecule has 2 unspecified atom stereocenters. The average Bonchev–Trinajstić information content (AvgIpc) is 3.26. The van der Waals surface area contributed by atoms with E-state index < -0.39 is 12.1 Å². The molecule has 2 aliphatic heterocycles. The zero-order valence-corrected chi connectivity index (χ0v) is 17.1. The third-order valence-electron chi connectivity index (χ3n) is 5.45. The maximum atomic E-state index is 13.3. The number of nitrogens with one attached hydrogen (secondary N) is 1. The standard InChI is InChI=1S/C22H24FN3O5/c1-13-12-31-21-18(26(13)22(28)29)10-15(9-14-4-6-16(23)7-5-14)19(25-21)20(27)24-11-17-3-2-8-30-17/h4-7,10,13,17H,2-3,8-9,11-12H2,1H3,(H,24,27)(H,28,29). The number of hydrogen-bond donors (Lipinski definition) is 2. The molecule has 2 amide bonds. The van der Waals surface area contributed by atoms with Gasteiger partial charge in [-0.1, -0.05) is 12.1 Å². The monoisotopic (exact) mass is 429 g/mol. The van der Waals surface area contributed by atoms with Crippen molar-refractivity contribution in [2.45, 2.75) is 38.3 Å². The van der Waals surface area contributed by atoms with Crippen LogP contribution in [-0.2, 0) is 11.2 Å². The molecule has 8 nitrogen and oxygen atoms in total. The summed E-state index contributed by atoms with van der Waals surface area (Å²) in [7, 11) is 0. The van der Waals surface area contributed by atoms with Gasteiger partial charge in [0.1, 0.15) is 23.8 Å². The number of rotatable bonds is 5. The van der Waals surface area contributed by atoms with Gasteiger partial charge in [-0.05, 0) is 55.5 Å². The minimum Gasteiger partial charge on any atom is -0.474 e. The summed E-state index contributed by atoms with van der Waals surface area (Å²) in [6, 6.07) is 7.15. The van der Waals surface area contributed by atoms with Gasteiger partial charge >= 0.3 is 6.09 Å². The van der Waals surface area contributed by atoms with Gasteiger partial charge in [0.25, 0.3) is 5.91 Å². The first kappa shape index (κ1) is 21.0. The van der Waals surface area contributed by atoms with Gasteiger partial charge in [0.15, 0.2) is 0 Å². The minimum absolute atomic E-state index is 0.0262. The van der Waals surface area contributed by atoms with Gasteiger partial charge in [-0.25, -0.2) is 14.2 Å². The molecule has 9 heteroatoms. The molecule has 0 aliphatic carbocycles. The second kappa shape index (κ2) is 8.89. The van der Waals surface area contributed by atoms with Crippen LogP contribution in [0.5, 0.6) is 5.88 Å². The quantitative estimate of drug-likeness (QED) is 0.758. The lowest BCUT2D eigenvalue weighted by Crippen LogP contribution is -2.45. The van der Waals surface area contributed by atoms with E-state index in [1.54, 1.807) is 25.1 Å². The van der Waals surface area contributed by atoms with Gasteiger partial charge in [0, 0.05) is 13.2 Å². The second-order valence-corrected chi connectivity index (χ2v) is 7.78. The predicted octanol–water partition coefficient (Wildman–Crippen LogP) is 2.99. The first-order valence-corrected chi connectivity index (χ1v) is 10.3. The van der Waals surface area contributed by atoms with E-state index in [2.05, 4.69) is 10.3 Å². The topological polar surface area (TPSA) is 101 Å². The summed E-state index contributed by atoms with van der Waals surface area (Å²) in [6.45, 7) is 2.93. The number of carboxylic acid groups (broad SMARTS) is 1. The SMILES string of the molecule is CC1COc2nc(C(=O)NCC3CCCO3)c(Cc3ccc(F)cc3)cc2N1C(=O)O. The molecule has 1 aromatic carbocycles. The van der Waals surface area contributed by atoms with Crippen LogP contribution in [0, 0.1) is 5.82 Å². The van der Waals surface area contributed by atoms with Crippen molar-refractivity contribution >= 4 is 17.7 Å². The highest BCUT2D eigenvalue weighted by Gasteiger charge is 2.32. The zero-order valence-electron chi connectivity index (χ0n) is 17.1. The van der Waals surface area contributed by atoms with Crippen LogP contribution >= 0.6 is 0 Å². The lowest BCUT2D eigenvalue weighted by molar-refractivity contribution is 0.0852. The van der Waals surface area contributed by atoms with Gasteiger partial charge in [-0.2, -0.15) is 0 Å². The maximum Gasteiger partial charge on any atom is 0.412 e. The van der Waals surface area contributed by atoms with E-state index in [1.165, 1.54) is 17.0 Å². The Bertz CT molecular complexity index is 976. The van der Waals surface area contributed by atoms with Gasteiger partial charge in [0.2, 0.25) is 5.88 Å². The highest BCUT2D eigenvalue weighted by Crippen LogP contribution is 2.35. The van der Waals surface area contributed by atoms with Crippen molar-refractivity contribution in [3.05, 3.63) is 53.0 Å². The third kappa shape index (κ3) is 4.61. The Hall–Kier alpha value is -3.20. The van der Waals surface area contributed by atoms with Crippen molar-refractivity contribution in [1.82, 2.24) is 10.3 Å². The fourth-order valence-electron chi connectivity index (χ4n) is 3.86. The van der Waals surface area contributed by atoms with Gasteiger partial charge < -0.3 is 19.9 Å². The number of anilines is 1. The van der Waals surface area contributed by atoms with Crippen LogP contribution in [0.4, 0.5) is 14.9 Å². The van der Waals surface area contributed by atoms with Crippen molar-refractivity contribution in [3.63, 3.8) is 0 Å². The molecule has 0 saturated carbocycles. The van der Waals surface area contributed by atoms with E-state index in [-0.39, 0.29) is 42.4 Å². The Kier molecular flexibility index (Phi) is 6.03. The largest absolute Gasteiger partial charge is 0.474 e. The molecule has 0 spiro atoms. The summed E-state index contributed by atoms with van der Waals surface area (Å²) in [5, 5.41) is 12.5. The van der Waals surface area contributed by atoms with Crippen molar-refractivity contribution in [3.8, 4) is 5.88 Å². The van der Waals surface area contributed by atoms with Crippen molar-refractivity contribution in [2.75, 3.05) is 24.7 Å². The summed E-state index contributed by atoms with van der Waals surface area (Å²) in [6.07, 6.45) is 0.980. The number of fused-ring (bicyclic) bond motifs is 1. The summed E-state index contributed by atoms with van der Waals surface area (Å²) in [5.41, 5.74) is 1.74. The first-order chi connectivity index (χ1) is 14.9. The van der Waals surface area contributed by atoms with Crippen LogP contribution in [0.3, 0.4) is 0 Å². The Labute approximate surface area is 179 Å². The van der Waals surface area contributed by atoms with Crippen LogP contribution in [0.2, 0.25) is 0 Å². The highest BCUT2D eigenvalue weighted by atomic mass is 19.1. The van der Waals surface area contributed by atoms with Crippen LogP contribution in [0.1, 0.15) is 41.4 Å². The molecule has 1 aromatic heterocycles. The second-order valence-electron chi connectivity index (χ2n) is 7.78. The van der Waals surface area contributed by atoms with Crippen molar-refractivity contribution < 1.29 is 28.6 Å². The number of pyridine rings is 1. The number of amides is 2. The molecule has 2 aliphatic rings. The summed E-state index contributed by atoms with van der Waals surface area (Å²) in [4.78, 5) is 30.3. The number of hydrogen-bond acceptors (Lipinski definition) is 5. The molecule has 3 heterocycles. The lowest BCUT2D eigenvalue weighted by Gasteiger charge is -2.32. The Morgan fingerprint density at radius 2 is 2.10 bits per heavy atom. The number of benzene rings is 1. The average molecular weight is 429 g/mol. The van der Waals surface area contributed by atoms with E-state index in [4.69, 9.17) is 9.47 Å². The zero-order chi connectivity index (χ0) is 22.0. The van der Waals surface area contributed by atoms with E-state index in [0.29, 0.717) is 24.4 Å². The fraction of sp³-hybridized carbons (Fsp3) is 0.409. The van der Waals surface area contributed by atoms with Gasteiger partial charge in [0.05, 0.1) is 12.1 Å². The van der Waals surface area contributed by atoms with E-state index in [1.807, 2.05) is 0 Å². The molecule has 0 bridgehead atoms. The Morgan fingerprint density at radius 1 is 1.32 bits per heavy atom. The first-order valence-electron chi connectivity index (χ1n) is 10.3. The minimum atomic E-state index is -1.12. The normalized spacial score (nSPS) is 20.1. The lowest BCUT2D eigenvalue weighted by atomic mass is 10.0. The van der Waals surface area contributed by atoms with Crippen LogP contribution < -0.4 is 15.0 Å². The fourth-order valence-corrected chi connectivity index (χ4v) is 3.86. The number of carbonyl (C=O) groups is 2. The number of aromatic nitrogens is 1. The Morgan fingerprint density at radius 3 is 2.77 bits per heavy atom. The number of carbonyl (C=O) groups excluding carboxylic acids is 1. The summed E-state index contributed by atoms with van der Waals surface area (Å²) < 4.78 is 24.5. The summed E-state index contributed by atoms with van der Waals surface area (Å²) in [5.74, 6) is -0.647. The molecule has 2 aromatic rings. The summed E-state index contributed by atoms with van der Waals surface area (Å²) >= 11 is 0. The number of ether oxygens (including phenoxy) is 2. The van der Waals surface area contributed by atoms with Gasteiger partial charge in [-0.3, -0.25) is 9.69 Å². The molecule has 2 N–H and O–H groups in total. The molecular weight excluding hydrogens is 405 g/mol. The van der Waals surface area contributed by atoms with Gasteiger partial charge in [-0.15, -0.1) is 0 Å². The molecule has 4 rings (SSSR count). The molecule has 1 fully saturated rings. The molecule has 31 heavy (non-hydrogen) atoms. The van der Waals surface area contributed by atoms with Crippen LogP contribution in [0.15, 0.2) is 30.3 Å². The van der Waals surface area contributed by atoms with Crippen LogP contribution in [-0.4, -0.2) is 54.0 Å². The molecular formula is C22H24FN3O5. The smallest absolute Gasteiger partial charge is 0.412 e. The van der Waals surface area contributed by atoms with E-state index in [0.717, 1.165) is 18.4 Å². The third-order valence-corrected chi connectivity index (χ3v) is 5.45. The maximum absolute atomic E-state index is 13.3. The van der Waals surface area contributed by atoms with E-state index in [9.17, 15) is 19.1 Å². The van der Waals surface area contributed by atoms with Crippen molar-refractivity contribution in [2.24, 2.45) is 0 Å². The van der Waals surface area contributed by atoms with Crippen LogP contribution in [0.25, 0.3) is 0 Å². The van der Waals surface area contributed by atoms with E-state index >= 15 is 0 Å². The number of halogens is 1. The van der Waals surface area contributed by atoms with Crippen molar-refractivity contribution in [1.29, 1.82) is 0 Å². The molecule has 0 radical (unpaired) electrons. The highest BCUT2D eigenvalue weighted by molar-refractivity contribution is 5.96. The Balaban J connectivity index is 1.68. The molecule has 2 atom stereocenters. The predicted molar refractivity (Wildman–Crippen MR) is 110 cm³/mol. The molecule has 1 saturated heterocycles.